The molecule has 6 heteroatoms. The van der Waals surface area contributed by atoms with Gasteiger partial charge >= 0.3 is 5.97 Å². The molecule has 5 nitrogen and oxygen atoms in total. The Hall–Kier alpha value is -1.65. The number of allylic oxidation sites excluding steroid dienone is 2. The van der Waals surface area contributed by atoms with Crippen LogP contribution < -0.4 is 0 Å². The molecule has 0 radical (unpaired) electrons. The molecule has 1 fully saturated rings. The SMILES string of the molecule is C=CC(C)C(=C)CC(CC)C1OC(=O)CC1C(C)C(=C)CS(C)(CC)N=[N+]=[N-]. The summed E-state index contributed by atoms with van der Waals surface area (Å²) < 4.78 is 9.86. The molecule has 28 heavy (non-hydrogen) atoms. The Morgan fingerprint density at radius 1 is 1.39 bits per heavy atom. The van der Waals surface area contributed by atoms with Gasteiger partial charge in [-0.05, 0) is 52.7 Å². The maximum absolute atomic E-state index is 12.2. The van der Waals surface area contributed by atoms with Crippen LogP contribution in [-0.2, 0) is 9.53 Å². The number of cyclic esters (lactones) is 1. The van der Waals surface area contributed by atoms with Crippen molar-refractivity contribution in [3.8, 4) is 0 Å². The van der Waals surface area contributed by atoms with Gasteiger partial charge in [-0.15, -0.1) is 6.58 Å². The van der Waals surface area contributed by atoms with Crippen LogP contribution in [0.1, 0.15) is 47.0 Å². The lowest BCUT2D eigenvalue weighted by Gasteiger charge is -2.35. The fourth-order valence-corrected chi connectivity index (χ4v) is 5.41. The monoisotopic (exact) mass is 407 g/mol. The largest absolute Gasteiger partial charge is 0.462 e. The molecule has 1 heterocycles. The second-order valence-electron chi connectivity index (χ2n) is 8.15. The van der Waals surface area contributed by atoms with Crippen LogP contribution in [0.4, 0.5) is 0 Å². The number of hydrogen-bond acceptors (Lipinski definition) is 3. The molecule has 0 saturated carbocycles. The molecule has 0 bridgehead atoms. The third kappa shape index (κ3) is 6.18. The van der Waals surface area contributed by atoms with Crippen molar-refractivity contribution in [3.63, 3.8) is 0 Å². The molecular weight excluding hydrogens is 370 g/mol. The summed E-state index contributed by atoms with van der Waals surface area (Å²) in [5.41, 5.74) is 11.1. The second-order valence-corrected chi connectivity index (χ2v) is 11.6. The van der Waals surface area contributed by atoms with Gasteiger partial charge in [0.05, 0.1) is 6.42 Å². The summed E-state index contributed by atoms with van der Waals surface area (Å²) in [6.07, 6.45) is 5.99. The van der Waals surface area contributed by atoms with Gasteiger partial charge in [-0.25, -0.2) is 0 Å². The number of hydrogen-bond donors (Lipinski definition) is 0. The van der Waals surface area contributed by atoms with E-state index in [1.165, 1.54) is 0 Å². The van der Waals surface area contributed by atoms with Gasteiger partial charge < -0.3 is 4.74 Å². The predicted octanol–water partition coefficient (Wildman–Crippen LogP) is 6.58. The average Bonchev–Trinajstić information content (AvgIpc) is 3.05. The normalized spacial score (nSPS) is 25.4. The van der Waals surface area contributed by atoms with Crippen LogP contribution in [0.25, 0.3) is 10.4 Å². The van der Waals surface area contributed by atoms with Gasteiger partial charge in [0, 0.05) is 16.6 Å². The van der Waals surface area contributed by atoms with Crippen LogP contribution in [0.2, 0.25) is 0 Å². The molecule has 1 aliphatic heterocycles. The highest BCUT2D eigenvalue weighted by Crippen LogP contribution is 2.49. The van der Waals surface area contributed by atoms with Gasteiger partial charge in [0.1, 0.15) is 6.10 Å². The van der Waals surface area contributed by atoms with Gasteiger partial charge in [-0.3, -0.25) is 4.79 Å². The summed E-state index contributed by atoms with van der Waals surface area (Å²) in [5, 5.41) is 0. The Morgan fingerprint density at radius 3 is 2.54 bits per heavy atom. The number of rotatable bonds is 12. The third-order valence-electron chi connectivity index (χ3n) is 6.24. The standard InChI is InChI=1S/C22H37N3O2S/c1-9-15(4)16(5)12-19(10-2)22-20(13-21(26)27-22)18(7)17(6)14-28(8,11-3)25-24-23/h9,15,18-20,22H,1,5-6,10-14H2,2-4,7-8H3. The highest BCUT2D eigenvalue weighted by molar-refractivity contribution is 8.32. The Morgan fingerprint density at radius 2 is 2.04 bits per heavy atom. The minimum absolute atomic E-state index is 0.100. The molecule has 0 aliphatic carbocycles. The van der Waals surface area contributed by atoms with Crippen LogP contribution in [0.15, 0.2) is 41.5 Å². The zero-order valence-electron chi connectivity index (χ0n) is 18.2. The number of nitrogens with zero attached hydrogens (tertiary/aromatic N) is 3. The van der Waals surface area contributed by atoms with Crippen molar-refractivity contribution in [2.45, 2.75) is 53.1 Å². The molecule has 0 aromatic heterocycles. The zero-order valence-corrected chi connectivity index (χ0v) is 19.0. The Balaban J connectivity index is 2.97. The fourth-order valence-electron chi connectivity index (χ4n) is 3.80. The molecule has 6 atom stereocenters. The quantitative estimate of drug-likeness (QED) is 0.120. The molecule has 0 N–H and O–H groups in total. The Bertz CT molecular complexity index is 656. The van der Waals surface area contributed by atoms with E-state index in [1.54, 1.807) is 0 Å². The van der Waals surface area contributed by atoms with Crippen molar-refractivity contribution in [2.24, 2.45) is 28.2 Å². The first-order chi connectivity index (χ1) is 13.1. The fraction of sp³-hybridized carbons (Fsp3) is 0.682. The second kappa shape index (κ2) is 10.8. The molecule has 1 aliphatic rings. The van der Waals surface area contributed by atoms with Crippen LogP contribution in [-0.4, -0.2) is 29.8 Å². The average molecular weight is 408 g/mol. The van der Waals surface area contributed by atoms with E-state index < -0.39 is 10.2 Å². The van der Waals surface area contributed by atoms with E-state index in [4.69, 9.17) is 10.3 Å². The molecule has 158 valence electrons. The van der Waals surface area contributed by atoms with Crippen LogP contribution in [0.3, 0.4) is 0 Å². The van der Waals surface area contributed by atoms with E-state index in [1.807, 2.05) is 19.3 Å². The van der Waals surface area contributed by atoms with E-state index in [9.17, 15) is 4.79 Å². The van der Waals surface area contributed by atoms with Gasteiger partial charge in [-0.1, -0.05) is 58.1 Å². The van der Waals surface area contributed by atoms with E-state index >= 15 is 0 Å². The van der Waals surface area contributed by atoms with Crippen LogP contribution >= 0.6 is 10.2 Å². The van der Waals surface area contributed by atoms with E-state index in [2.05, 4.69) is 49.9 Å². The number of azide groups is 1. The number of carbonyl (C=O) groups is 1. The molecule has 0 amide bonds. The summed E-state index contributed by atoms with van der Waals surface area (Å²) in [6, 6.07) is 0. The maximum Gasteiger partial charge on any atom is 0.306 e. The molecule has 0 spiro atoms. The van der Waals surface area contributed by atoms with E-state index in [0.29, 0.717) is 12.2 Å². The first-order valence-corrected chi connectivity index (χ1v) is 12.4. The third-order valence-corrected chi connectivity index (χ3v) is 8.94. The lowest BCUT2D eigenvalue weighted by atomic mass is 9.76. The first-order valence-electron chi connectivity index (χ1n) is 10.1. The maximum atomic E-state index is 12.2. The van der Waals surface area contributed by atoms with Crippen molar-refractivity contribution in [2.75, 3.05) is 17.8 Å². The smallest absolute Gasteiger partial charge is 0.306 e. The van der Waals surface area contributed by atoms with Crippen molar-refractivity contribution >= 4 is 16.2 Å². The minimum Gasteiger partial charge on any atom is -0.462 e. The van der Waals surface area contributed by atoms with Gasteiger partial charge in [-0.2, -0.15) is 10.2 Å². The number of esters is 1. The number of carbonyl (C=O) groups excluding carboxylic acids is 1. The Kier molecular flexibility index (Phi) is 9.38. The van der Waals surface area contributed by atoms with Gasteiger partial charge in [0.2, 0.25) is 0 Å². The van der Waals surface area contributed by atoms with Crippen molar-refractivity contribution < 1.29 is 9.53 Å². The van der Waals surface area contributed by atoms with E-state index in [0.717, 1.165) is 29.7 Å². The summed E-state index contributed by atoms with van der Waals surface area (Å²) in [5.74, 6) is 2.10. The topological polar surface area (TPSA) is 75.1 Å². The first kappa shape index (κ1) is 24.4. The van der Waals surface area contributed by atoms with Crippen molar-refractivity contribution in [1.29, 1.82) is 0 Å². The lowest BCUT2D eigenvalue weighted by Crippen LogP contribution is -2.32. The van der Waals surface area contributed by atoms with E-state index in [-0.39, 0.29) is 35.7 Å². The van der Waals surface area contributed by atoms with Crippen molar-refractivity contribution in [1.82, 2.24) is 0 Å². The molecule has 0 aromatic rings. The number of ether oxygens (including phenoxy) is 1. The highest BCUT2D eigenvalue weighted by atomic mass is 32.3. The molecule has 1 saturated heterocycles. The summed E-state index contributed by atoms with van der Waals surface area (Å²) in [6.45, 7) is 20.8. The molecular formula is C22H37N3O2S. The molecule has 1 rings (SSSR count). The zero-order chi connectivity index (χ0) is 21.5. The summed E-state index contributed by atoms with van der Waals surface area (Å²) in [4.78, 5) is 15.2. The summed E-state index contributed by atoms with van der Waals surface area (Å²) >= 11 is 0. The van der Waals surface area contributed by atoms with Crippen LogP contribution in [0, 0.1) is 23.7 Å². The summed E-state index contributed by atoms with van der Waals surface area (Å²) in [7, 11) is -1.43. The van der Waals surface area contributed by atoms with Crippen molar-refractivity contribution in [3.05, 3.63) is 47.4 Å². The predicted molar refractivity (Wildman–Crippen MR) is 121 cm³/mol. The Labute approximate surface area is 172 Å². The lowest BCUT2D eigenvalue weighted by molar-refractivity contribution is -0.143. The highest BCUT2D eigenvalue weighted by Gasteiger charge is 2.43. The molecule has 6 unspecified atom stereocenters. The minimum atomic E-state index is -1.43. The van der Waals surface area contributed by atoms with Crippen LogP contribution in [0.5, 0.6) is 0 Å². The van der Waals surface area contributed by atoms with Gasteiger partial charge in [0.15, 0.2) is 0 Å². The molecule has 0 aromatic carbocycles. The van der Waals surface area contributed by atoms with Gasteiger partial charge in [0.25, 0.3) is 0 Å².